The Morgan fingerprint density at radius 2 is 1.95 bits per heavy atom. The number of nitrogen functional groups attached to an aromatic ring is 1. The molecule has 10 heteroatoms. The lowest BCUT2D eigenvalue weighted by atomic mass is 10.3. The molecule has 5 nitrogen and oxygen atoms in total. The van der Waals surface area contributed by atoms with Gasteiger partial charge < -0.3 is 10.8 Å². The van der Waals surface area contributed by atoms with Gasteiger partial charge in [0.05, 0.1) is 22.2 Å². The fourth-order valence-corrected chi connectivity index (χ4v) is 3.10. The van der Waals surface area contributed by atoms with Gasteiger partial charge in [0.2, 0.25) is 10.0 Å². The van der Waals surface area contributed by atoms with Crippen LogP contribution in [0.2, 0.25) is 5.02 Å². The Balaban J connectivity index is 3.18. The van der Waals surface area contributed by atoms with Crippen LogP contribution in [0.15, 0.2) is 23.1 Å². The van der Waals surface area contributed by atoms with Crippen molar-refractivity contribution in [3.05, 3.63) is 23.2 Å². The molecule has 0 saturated heterocycles. The van der Waals surface area contributed by atoms with E-state index in [1.807, 2.05) is 0 Å². The van der Waals surface area contributed by atoms with E-state index in [1.165, 1.54) is 6.07 Å². The molecule has 20 heavy (non-hydrogen) atoms. The van der Waals surface area contributed by atoms with Crippen molar-refractivity contribution < 1.29 is 26.7 Å². The number of nitrogens with zero attached hydrogens (tertiary/aromatic N) is 1. The number of halogens is 4. The van der Waals surface area contributed by atoms with Crippen LogP contribution >= 0.6 is 11.6 Å². The van der Waals surface area contributed by atoms with Gasteiger partial charge in [-0.1, -0.05) is 11.6 Å². The van der Waals surface area contributed by atoms with E-state index in [0.717, 1.165) is 12.1 Å². The fourth-order valence-electron chi connectivity index (χ4n) is 1.41. The van der Waals surface area contributed by atoms with Gasteiger partial charge in [-0.2, -0.15) is 17.5 Å². The number of rotatable bonds is 5. The summed E-state index contributed by atoms with van der Waals surface area (Å²) in [6, 6.07) is 3.20. The Kier molecular flexibility index (Phi) is 5.25. The van der Waals surface area contributed by atoms with E-state index < -0.39 is 40.8 Å². The topological polar surface area (TPSA) is 83.6 Å². The maximum Gasteiger partial charge on any atom is 0.402 e. The first-order chi connectivity index (χ1) is 9.08. The number of nitrogens with two attached hydrogens (primary N) is 1. The molecule has 1 aromatic carbocycles. The molecule has 1 rings (SSSR count). The molecule has 0 saturated carbocycles. The maximum atomic E-state index is 12.4. The lowest BCUT2D eigenvalue weighted by molar-refractivity contribution is -0.136. The first-order valence-corrected chi connectivity index (χ1v) is 7.12. The van der Waals surface area contributed by atoms with Gasteiger partial charge in [0.15, 0.2) is 0 Å². The van der Waals surface area contributed by atoms with Crippen LogP contribution < -0.4 is 5.73 Å². The summed E-state index contributed by atoms with van der Waals surface area (Å²) in [4.78, 5) is -0.422. The molecule has 0 radical (unpaired) electrons. The predicted molar refractivity (Wildman–Crippen MR) is 67.8 cm³/mol. The lowest BCUT2D eigenvalue weighted by Crippen LogP contribution is -2.40. The van der Waals surface area contributed by atoms with Crippen LogP contribution in [0.5, 0.6) is 0 Å². The van der Waals surface area contributed by atoms with Crippen LogP contribution in [0.25, 0.3) is 0 Å². The van der Waals surface area contributed by atoms with Crippen LogP contribution in [-0.2, 0) is 10.0 Å². The molecule has 0 bridgehead atoms. The molecule has 0 spiro atoms. The molecule has 0 amide bonds. The van der Waals surface area contributed by atoms with Crippen LogP contribution in [0, 0.1) is 0 Å². The molecule has 0 aliphatic rings. The quantitative estimate of drug-likeness (QED) is 0.800. The highest BCUT2D eigenvalue weighted by atomic mass is 35.5. The Morgan fingerprint density at radius 1 is 1.35 bits per heavy atom. The predicted octanol–water partition coefficient (Wildman–Crippen LogP) is 1.47. The summed E-state index contributed by atoms with van der Waals surface area (Å²) in [5.41, 5.74) is 5.51. The molecule has 0 fully saturated rings. The molecule has 0 aliphatic carbocycles. The molecule has 0 aliphatic heterocycles. The smallest absolute Gasteiger partial charge is 0.398 e. The van der Waals surface area contributed by atoms with E-state index >= 15 is 0 Å². The van der Waals surface area contributed by atoms with Gasteiger partial charge in [-0.05, 0) is 18.2 Å². The summed E-state index contributed by atoms with van der Waals surface area (Å²) in [6.07, 6.45) is -4.72. The molecule has 0 unspecified atom stereocenters. The van der Waals surface area contributed by atoms with Crippen molar-refractivity contribution in [1.82, 2.24) is 4.31 Å². The van der Waals surface area contributed by atoms with E-state index in [2.05, 4.69) is 0 Å². The van der Waals surface area contributed by atoms with Gasteiger partial charge in [0, 0.05) is 6.54 Å². The largest absolute Gasteiger partial charge is 0.402 e. The van der Waals surface area contributed by atoms with Gasteiger partial charge in [-0.15, -0.1) is 0 Å². The Labute approximate surface area is 118 Å². The first kappa shape index (κ1) is 17.0. The summed E-state index contributed by atoms with van der Waals surface area (Å²) in [6.45, 7) is -3.11. The zero-order valence-corrected chi connectivity index (χ0v) is 11.6. The summed E-state index contributed by atoms with van der Waals surface area (Å²) >= 11 is 5.66. The second-order valence-electron chi connectivity index (χ2n) is 3.86. The number of hydrogen-bond acceptors (Lipinski definition) is 4. The van der Waals surface area contributed by atoms with Crippen LogP contribution in [0.4, 0.5) is 18.9 Å². The third kappa shape index (κ3) is 4.23. The maximum absolute atomic E-state index is 12.4. The zero-order chi connectivity index (χ0) is 15.6. The number of benzene rings is 1. The molecule has 0 aromatic heterocycles. The number of aliphatic hydroxyl groups is 1. The number of alkyl halides is 3. The van der Waals surface area contributed by atoms with Gasteiger partial charge in [0.25, 0.3) is 0 Å². The number of hydrogen-bond donors (Lipinski definition) is 2. The van der Waals surface area contributed by atoms with Crippen LogP contribution in [0.3, 0.4) is 0 Å². The minimum absolute atomic E-state index is 0.0815. The molecular weight excluding hydrogens is 321 g/mol. The monoisotopic (exact) mass is 332 g/mol. The second kappa shape index (κ2) is 6.17. The number of anilines is 1. The SMILES string of the molecule is Nc1ccc(S(=O)(=O)N(CCO)CC(F)(F)F)cc1Cl. The van der Waals surface area contributed by atoms with Crippen molar-refractivity contribution in [2.75, 3.05) is 25.4 Å². The van der Waals surface area contributed by atoms with Gasteiger partial charge >= 0.3 is 6.18 Å². The van der Waals surface area contributed by atoms with Gasteiger partial charge in [0.1, 0.15) is 6.54 Å². The highest BCUT2D eigenvalue weighted by Gasteiger charge is 2.36. The van der Waals surface area contributed by atoms with Crippen molar-refractivity contribution in [2.45, 2.75) is 11.1 Å². The summed E-state index contributed by atoms with van der Waals surface area (Å²) in [5.74, 6) is 0. The van der Waals surface area contributed by atoms with E-state index in [-0.39, 0.29) is 15.0 Å². The third-order valence-electron chi connectivity index (χ3n) is 2.31. The molecule has 0 heterocycles. The third-order valence-corrected chi connectivity index (χ3v) is 4.48. The van der Waals surface area contributed by atoms with Crippen molar-refractivity contribution in [3.63, 3.8) is 0 Å². The zero-order valence-electron chi connectivity index (χ0n) is 10.1. The second-order valence-corrected chi connectivity index (χ2v) is 6.21. The Hall–Kier alpha value is -1.03. The summed E-state index contributed by atoms with van der Waals surface area (Å²) in [7, 11) is -4.42. The van der Waals surface area contributed by atoms with Gasteiger partial charge in [-0.3, -0.25) is 0 Å². The molecule has 1 aromatic rings. The van der Waals surface area contributed by atoms with Crippen molar-refractivity contribution in [2.24, 2.45) is 0 Å². The Morgan fingerprint density at radius 3 is 2.40 bits per heavy atom. The average Bonchev–Trinajstić information content (AvgIpc) is 2.30. The molecule has 3 N–H and O–H groups in total. The van der Waals surface area contributed by atoms with Crippen molar-refractivity contribution >= 4 is 27.3 Å². The Bertz CT molecular complexity index is 578. The normalized spacial score (nSPS) is 12.9. The van der Waals surface area contributed by atoms with Crippen LogP contribution in [0.1, 0.15) is 0 Å². The number of sulfonamides is 1. The minimum atomic E-state index is -4.72. The van der Waals surface area contributed by atoms with Crippen molar-refractivity contribution in [1.29, 1.82) is 0 Å². The lowest BCUT2D eigenvalue weighted by Gasteiger charge is -2.22. The average molecular weight is 333 g/mol. The van der Waals surface area contributed by atoms with Crippen molar-refractivity contribution in [3.8, 4) is 0 Å². The molecular formula is C10H12ClF3N2O3S. The number of aliphatic hydroxyl groups excluding tert-OH is 1. The molecule has 0 atom stereocenters. The minimum Gasteiger partial charge on any atom is -0.398 e. The standard InChI is InChI=1S/C10H12ClF3N2O3S/c11-8-5-7(1-2-9(8)15)20(18,19)16(3-4-17)6-10(12,13)14/h1-2,5,17H,3-4,6,15H2. The van der Waals surface area contributed by atoms with Gasteiger partial charge in [-0.25, -0.2) is 8.42 Å². The molecule has 114 valence electrons. The van der Waals surface area contributed by atoms with Crippen LogP contribution in [-0.4, -0.2) is 43.7 Å². The summed E-state index contributed by atoms with van der Waals surface area (Å²) < 4.78 is 61.4. The highest BCUT2D eigenvalue weighted by molar-refractivity contribution is 7.89. The highest BCUT2D eigenvalue weighted by Crippen LogP contribution is 2.26. The first-order valence-electron chi connectivity index (χ1n) is 5.30. The van der Waals surface area contributed by atoms with E-state index in [1.54, 1.807) is 0 Å². The summed E-state index contributed by atoms with van der Waals surface area (Å²) in [5, 5.41) is 8.64. The van der Waals surface area contributed by atoms with E-state index in [9.17, 15) is 21.6 Å². The van der Waals surface area contributed by atoms with E-state index in [4.69, 9.17) is 22.4 Å². The van der Waals surface area contributed by atoms with E-state index in [0.29, 0.717) is 0 Å². The fraction of sp³-hybridized carbons (Fsp3) is 0.400.